The maximum absolute atomic E-state index is 12.3. The van der Waals surface area contributed by atoms with E-state index in [0.717, 1.165) is 16.8 Å². The maximum atomic E-state index is 12.3. The van der Waals surface area contributed by atoms with Gasteiger partial charge < -0.3 is 16.4 Å². The lowest BCUT2D eigenvalue weighted by Gasteiger charge is -2.14. The van der Waals surface area contributed by atoms with Crippen molar-refractivity contribution < 1.29 is 9.59 Å². The summed E-state index contributed by atoms with van der Waals surface area (Å²) in [6.45, 7) is 7.60. The van der Waals surface area contributed by atoms with Crippen molar-refractivity contribution in [3.8, 4) is 0 Å². The Labute approximate surface area is 159 Å². The van der Waals surface area contributed by atoms with Crippen molar-refractivity contribution >= 4 is 28.9 Å². The second kappa shape index (κ2) is 8.49. The molecule has 6 nitrogen and oxygen atoms in total. The Hall–Kier alpha value is -3.15. The van der Waals surface area contributed by atoms with Gasteiger partial charge in [0.05, 0.1) is 6.54 Å². The fraction of sp³-hybridized carbons (Fsp3) is 0.286. The lowest BCUT2D eigenvalue weighted by molar-refractivity contribution is -0.114. The largest absolute Gasteiger partial charge is 0.384 e. The summed E-state index contributed by atoms with van der Waals surface area (Å²) in [5, 5.41) is 13.3. The number of rotatable bonds is 7. The van der Waals surface area contributed by atoms with E-state index in [1.54, 1.807) is 24.3 Å². The number of benzene rings is 2. The number of anilines is 2. The molecule has 2 rings (SSSR count). The molecule has 0 aromatic heterocycles. The van der Waals surface area contributed by atoms with E-state index >= 15 is 0 Å². The summed E-state index contributed by atoms with van der Waals surface area (Å²) in [4.78, 5) is 24.5. The number of Topliss-reactive ketones (excluding diaryl/α,β-unsaturated/α-hetero) is 1. The van der Waals surface area contributed by atoms with Crippen LogP contribution < -0.4 is 16.4 Å². The van der Waals surface area contributed by atoms with Crippen molar-refractivity contribution in [1.29, 1.82) is 5.41 Å². The third kappa shape index (κ3) is 5.17. The van der Waals surface area contributed by atoms with Crippen LogP contribution in [0.3, 0.4) is 0 Å². The molecule has 0 saturated heterocycles. The summed E-state index contributed by atoms with van der Waals surface area (Å²) in [6.07, 6.45) is 0. The van der Waals surface area contributed by atoms with Gasteiger partial charge in [-0.25, -0.2) is 0 Å². The number of amidine groups is 1. The summed E-state index contributed by atoms with van der Waals surface area (Å²) in [7, 11) is 0. The summed E-state index contributed by atoms with van der Waals surface area (Å²) in [5.74, 6) is -0.146. The number of ketones is 1. The Kier molecular flexibility index (Phi) is 6.34. The lowest BCUT2D eigenvalue weighted by atomic mass is 9.94. The summed E-state index contributed by atoms with van der Waals surface area (Å²) < 4.78 is 0. The first-order valence-corrected chi connectivity index (χ1v) is 8.82. The minimum Gasteiger partial charge on any atom is -0.384 e. The average molecular weight is 366 g/mol. The number of amides is 1. The number of nitrogens with two attached hydrogens (primary N) is 1. The summed E-state index contributed by atoms with van der Waals surface area (Å²) in [5.41, 5.74) is 9.92. The molecular weight excluding hydrogens is 340 g/mol. The molecule has 0 bridgehead atoms. The van der Waals surface area contributed by atoms with Gasteiger partial charge in [-0.2, -0.15) is 0 Å². The fourth-order valence-electron chi connectivity index (χ4n) is 2.67. The van der Waals surface area contributed by atoms with Crippen molar-refractivity contribution in [2.75, 3.05) is 17.2 Å². The molecule has 0 aliphatic heterocycles. The van der Waals surface area contributed by atoms with E-state index in [1.165, 1.54) is 0 Å². The van der Waals surface area contributed by atoms with Gasteiger partial charge in [0.25, 0.3) is 0 Å². The second-order valence-corrected chi connectivity index (χ2v) is 6.89. The molecule has 1 amide bonds. The van der Waals surface area contributed by atoms with Crippen molar-refractivity contribution in [3.63, 3.8) is 0 Å². The van der Waals surface area contributed by atoms with Crippen molar-refractivity contribution in [1.82, 2.24) is 0 Å². The monoisotopic (exact) mass is 366 g/mol. The number of hydrogen-bond acceptors (Lipinski definition) is 4. The van der Waals surface area contributed by atoms with Gasteiger partial charge in [-0.15, -0.1) is 0 Å². The van der Waals surface area contributed by atoms with E-state index in [9.17, 15) is 9.59 Å². The number of hydrogen-bond donors (Lipinski definition) is 4. The molecule has 0 heterocycles. The van der Waals surface area contributed by atoms with E-state index in [0.29, 0.717) is 16.8 Å². The average Bonchev–Trinajstić information content (AvgIpc) is 2.62. The van der Waals surface area contributed by atoms with Crippen LogP contribution in [0.2, 0.25) is 0 Å². The Morgan fingerprint density at radius 1 is 1.07 bits per heavy atom. The van der Waals surface area contributed by atoms with Crippen LogP contribution in [-0.4, -0.2) is 24.1 Å². The van der Waals surface area contributed by atoms with Gasteiger partial charge in [0, 0.05) is 28.4 Å². The summed E-state index contributed by atoms with van der Waals surface area (Å²) in [6, 6.07) is 10.7. The first kappa shape index (κ1) is 20.2. The molecule has 0 saturated carbocycles. The minimum absolute atomic E-state index is 0.00420. The molecule has 142 valence electrons. The first-order valence-electron chi connectivity index (χ1n) is 8.82. The molecule has 0 unspecified atom stereocenters. The molecule has 0 fully saturated rings. The van der Waals surface area contributed by atoms with Crippen molar-refractivity contribution in [2.24, 2.45) is 11.7 Å². The topological polar surface area (TPSA) is 108 Å². The fourth-order valence-corrected chi connectivity index (χ4v) is 2.67. The Morgan fingerprint density at radius 2 is 1.70 bits per heavy atom. The zero-order valence-electron chi connectivity index (χ0n) is 16.1. The highest BCUT2D eigenvalue weighted by Gasteiger charge is 2.15. The number of nitrogens with one attached hydrogen (secondary N) is 3. The molecule has 5 N–H and O–H groups in total. The standard InChI is InChI=1S/C21H26N4O2/c1-12(2)20(27)17-9-14(4)18(10-13(17)3)25-19(26)11-24-16-7-5-15(6-8-16)21(22)23/h5-10,12,24H,11H2,1-4H3,(H3,22,23)(H,25,26). The quantitative estimate of drug-likeness (QED) is 0.342. The van der Waals surface area contributed by atoms with Crippen LogP contribution in [0.15, 0.2) is 36.4 Å². The normalized spacial score (nSPS) is 10.6. The van der Waals surface area contributed by atoms with Crippen molar-refractivity contribution in [3.05, 3.63) is 58.7 Å². The van der Waals surface area contributed by atoms with E-state index in [4.69, 9.17) is 11.1 Å². The predicted molar refractivity (Wildman–Crippen MR) is 110 cm³/mol. The van der Waals surface area contributed by atoms with Gasteiger partial charge >= 0.3 is 0 Å². The number of carbonyl (C=O) groups excluding carboxylic acids is 2. The van der Waals surface area contributed by atoms with Crippen LogP contribution in [0, 0.1) is 25.2 Å². The van der Waals surface area contributed by atoms with Crippen molar-refractivity contribution in [2.45, 2.75) is 27.7 Å². The van der Waals surface area contributed by atoms with Crippen LogP contribution in [0.1, 0.15) is 40.9 Å². The van der Waals surface area contributed by atoms with Crippen LogP contribution in [-0.2, 0) is 4.79 Å². The van der Waals surface area contributed by atoms with E-state index in [2.05, 4.69) is 10.6 Å². The zero-order chi connectivity index (χ0) is 20.1. The highest BCUT2D eigenvalue weighted by atomic mass is 16.2. The number of carbonyl (C=O) groups is 2. The molecule has 0 spiro atoms. The van der Waals surface area contributed by atoms with E-state index < -0.39 is 0 Å². The Morgan fingerprint density at radius 3 is 2.26 bits per heavy atom. The van der Waals surface area contributed by atoms with Gasteiger partial charge in [-0.1, -0.05) is 13.8 Å². The highest BCUT2D eigenvalue weighted by molar-refractivity contribution is 6.00. The molecule has 2 aromatic rings. The van der Waals surface area contributed by atoms with Gasteiger partial charge in [-0.05, 0) is 61.4 Å². The highest BCUT2D eigenvalue weighted by Crippen LogP contribution is 2.23. The lowest BCUT2D eigenvalue weighted by Crippen LogP contribution is -2.22. The molecule has 0 aliphatic carbocycles. The smallest absolute Gasteiger partial charge is 0.243 e. The zero-order valence-corrected chi connectivity index (χ0v) is 16.1. The Bertz CT molecular complexity index is 870. The number of aryl methyl sites for hydroxylation is 2. The number of nitrogen functional groups attached to an aromatic ring is 1. The third-order valence-corrected chi connectivity index (χ3v) is 4.28. The van der Waals surface area contributed by atoms with E-state index in [-0.39, 0.29) is 30.0 Å². The summed E-state index contributed by atoms with van der Waals surface area (Å²) >= 11 is 0. The minimum atomic E-state index is -0.184. The molecular formula is C21H26N4O2. The van der Waals surface area contributed by atoms with Gasteiger partial charge in [0.15, 0.2) is 5.78 Å². The predicted octanol–water partition coefficient (Wildman–Crippen LogP) is 3.48. The molecule has 0 atom stereocenters. The SMILES string of the molecule is Cc1cc(C(=O)C(C)C)c(C)cc1NC(=O)CNc1ccc(C(=N)N)cc1. The molecule has 6 heteroatoms. The molecule has 27 heavy (non-hydrogen) atoms. The van der Waals surface area contributed by atoms with Crippen LogP contribution >= 0.6 is 0 Å². The molecule has 0 aliphatic rings. The molecule has 0 radical (unpaired) electrons. The van der Waals surface area contributed by atoms with Gasteiger partial charge in [0.1, 0.15) is 5.84 Å². The third-order valence-electron chi connectivity index (χ3n) is 4.28. The van der Waals surface area contributed by atoms with Crippen LogP contribution in [0.25, 0.3) is 0 Å². The Balaban J connectivity index is 2.02. The van der Waals surface area contributed by atoms with Crippen LogP contribution in [0.4, 0.5) is 11.4 Å². The first-order chi connectivity index (χ1) is 12.7. The van der Waals surface area contributed by atoms with E-state index in [1.807, 2.05) is 39.8 Å². The second-order valence-electron chi connectivity index (χ2n) is 6.89. The van der Waals surface area contributed by atoms with Crippen LogP contribution in [0.5, 0.6) is 0 Å². The van der Waals surface area contributed by atoms with Gasteiger partial charge in [-0.3, -0.25) is 15.0 Å². The maximum Gasteiger partial charge on any atom is 0.243 e. The van der Waals surface area contributed by atoms with Gasteiger partial charge in [0.2, 0.25) is 5.91 Å². The molecule has 2 aromatic carbocycles.